The largest absolute Gasteiger partial charge is 0.324 e. The van der Waals surface area contributed by atoms with E-state index in [2.05, 4.69) is 12.6 Å². The van der Waals surface area contributed by atoms with Crippen molar-refractivity contribution in [3.63, 3.8) is 0 Å². The van der Waals surface area contributed by atoms with Gasteiger partial charge >= 0.3 is 0 Å². The second-order valence-corrected chi connectivity index (χ2v) is 8.66. The number of thiol groups is 1. The molecule has 1 atom stereocenters. The first-order valence-electron chi connectivity index (χ1n) is 6.22. The van der Waals surface area contributed by atoms with Crippen molar-refractivity contribution in [3.8, 4) is 0 Å². The van der Waals surface area contributed by atoms with Crippen molar-refractivity contribution in [2.24, 2.45) is 0 Å². The lowest BCUT2D eigenvalue weighted by Gasteiger charge is -2.34. The van der Waals surface area contributed by atoms with Gasteiger partial charge in [-0.1, -0.05) is 12.1 Å². The number of amides is 1. The Morgan fingerprint density at radius 3 is 2.65 bits per heavy atom. The van der Waals surface area contributed by atoms with Gasteiger partial charge in [0.05, 0.1) is 6.42 Å². The maximum Gasteiger partial charge on any atom is 0.228 e. The van der Waals surface area contributed by atoms with Crippen LogP contribution in [0.25, 0.3) is 0 Å². The highest BCUT2D eigenvalue weighted by atomic mass is 32.2. The minimum absolute atomic E-state index is 0.132. The maximum atomic E-state index is 12.3. The standard InChI is InChI=1S/C13H17NO3S3/c1-20(16,17)13-9-19-7-6-14(13)12(15)8-10-2-4-11(18)5-3-10/h2-5,13,18H,6-9H2,1H3. The van der Waals surface area contributed by atoms with Crippen LogP contribution in [-0.2, 0) is 21.1 Å². The summed E-state index contributed by atoms with van der Waals surface area (Å²) in [5, 5.41) is -0.696. The number of carbonyl (C=O) groups is 1. The van der Waals surface area contributed by atoms with E-state index in [-0.39, 0.29) is 12.3 Å². The van der Waals surface area contributed by atoms with Crippen LogP contribution in [0.15, 0.2) is 29.2 Å². The van der Waals surface area contributed by atoms with Gasteiger partial charge in [0.15, 0.2) is 9.84 Å². The molecule has 1 aromatic carbocycles. The van der Waals surface area contributed by atoms with Gasteiger partial charge in [0.1, 0.15) is 5.37 Å². The molecule has 0 aliphatic carbocycles. The van der Waals surface area contributed by atoms with Gasteiger partial charge in [-0.05, 0) is 17.7 Å². The van der Waals surface area contributed by atoms with Gasteiger partial charge in [0.2, 0.25) is 5.91 Å². The van der Waals surface area contributed by atoms with Crippen LogP contribution in [-0.4, -0.2) is 48.9 Å². The zero-order chi connectivity index (χ0) is 14.8. The van der Waals surface area contributed by atoms with Crippen LogP contribution >= 0.6 is 24.4 Å². The summed E-state index contributed by atoms with van der Waals surface area (Å²) >= 11 is 5.77. The normalized spacial score (nSPS) is 19.9. The van der Waals surface area contributed by atoms with E-state index in [1.807, 2.05) is 24.3 Å². The Labute approximate surface area is 129 Å². The molecule has 2 rings (SSSR count). The third-order valence-electron chi connectivity index (χ3n) is 3.19. The third-order valence-corrected chi connectivity index (χ3v) is 6.13. The molecule has 1 aliphatic heterocycles. The molecule has 1 fully saturated rings. The van der Waals surface area contributed by atoms with E-state index < -0.39 is 15.2 Å². The average Bonchev–Trinajstić information content (AvgIpc) is 2.40. The van der Waals surface area contributed by atoms with Gasteiger partial charge in [0, 0.05) is 29.2 Å². The van der Waals surface area contributed by atoms with E-state index in [0.29, 0.717) is 12.3 Å². The van der Waals surface area contributed by atoms with Crippen molar-refractivity contribution in [3.05, 3.63) is 29.8 Å². The van der Waals surface area contributed by atoms with Gasteiger partial charge in [0.25, 0.3) is 0 Å². The van der Waals surface area contributed by atoms with Gasteiger partial charge in [-0.25, -0.2) is 8.42 Å². The number of sulfone groups is 1. The van der Waals surface area contributed by atoms with Crippen molar-refractivity contribution in [2.45, 2.75) is 16.7 Å². The molecule has 4 nitrogen and oxygen atoms in total. The molecular formula is C13H17NO3S3. The summed E-state index contributed by atoms with van der Waals surface area (Å²) in [5.74, 6) is 1.11. The van der Waals surface area contributed by atoms with Crippen molar-refractivity contribution in [1.29, 1.82) is 0 Å². The number of hydrogen-bond donors (Lipinski definition) is 1. The number of benzene rings is 1. The van der Waals surface area contributed by atoms with Crippen molar-refractivity contribution in [1.82, 2.24) is 4.90 Å². The minimum atomic E-state index is -3.25. The predicted molar refractivity (Wildman–Crippen MR) is 85.1 cm³/mol. The first-order valence-corrected chi connectivity index (χ1v) is 9.77. The minimum Gasteiger partial charge on any atom is -0.324 e. The molecule has 1 unspecified atom stereocenters. The summed E-state index contributed by atoms with van der Waals surface area (Å²) in [6.07, 6.45) is 1.42. The number of nitrogens with zero attached hydrogens (tertiary/aromatic N) is 1. The Bertz CT molecular complexity index is 583. The highest BCUT2D eigenvalue weighted by Crippen LogP contribution is 2.21. The Morgan fingerprint density at radius 1 is 1.40 bits per heavy atom. The molecule has 1 amide bonds. The zero-order valence-corrected chi connectivity index (χ0v) is 13.7. The molecule has 0 aromatic heterocycles. The summed E-state index contributed by atoms with van der Waals surface area (Å²) in [6, 6.07) is 7.33. The molecule has 110 valence electrons. The van der Waals surface area contributed by atoms with E-state index in [0.717, 1.165) is 16.2 Å². The van der Waals surface area contributed by atoms with Crippen LogP contribution < -0.4 is 0 Å². The lowest BCUT2D eigenvalue weighted by Crippen LogP contribution is -2.50. The molecule has 1 aliphatic rings. The Hall–Kier alpha value is -0.660. The first-order chi connectivity index (χ1) is 9.38. The second kappa shape index (κ2) is 6.41. The van der Waals surface area contributed by atoms with E-state index in [4.69, 9.17) is 0 Å². The molecule has 0 saturated carbocycles. The van der Waals surface area contributed by atoms with Crippen LogP contribution in [0.3, 0.4) is 0 Å². The molecule has 1 aromatic rings. The van der Waals surface area contributed by atoms with Crippen molar-refractivity contribution < 1.29 is 13.2 Å². The lowest BCUT2D eigenvalue weighted by molar-refractivity contribution is -0.130. The van der Waals surface area contributed by atoms with E-state index in [1.165, 1.54) is 11.2 Å². The molecule has 20 heavy (non-hydrogen) atoms. The smallest absolute Gasteiger partial charge is 0.228 e. The topological polar surface area (TPSA) is 54.5 Å². The molecular weight excluding hydrogens is 314 g/mol. The van der Waals surface area contributed by atoms with Crippen LogP contribution in [0.5, 0.6) is 0 Å². The molecule has 7 heteroatoms. The highest BCUT2D eigenvalue weighted by molar-refractivity contribution is 8.00. The summed E-state index contributed by atoms with van der Waals surface area (Å²) < 4.78 is 23.6. The van der Waals surface area contributed by atoms with Crippen LogP contribution in [0.2, 0.25) is 0 Å². The first kappa shape index (κ1) is 15.7. The van der Waals surface area contributed by atoms with Crippen LogP contribution in [0.4, 0.5) is 0 Å². The fourth-order valence-electron chi connectivity index (χ4n) is 2.11. The Kier molecular flexibility index (Phi) is 5.04. The fourth-order valence-corrected chi connectivity index (χ4v) is 5.10. The summed E-state index contributed by atoms with van der Waals surface area (Å²) in [5.41, 5.74) is 0.873. The second-order valence-electron chi connectivity index (χ2n) is 4.79. The van der Waals surface area contributed by atoms with Crippen LogP contribution in [0, 0.1) is 0 Å². The molecule has 1 saturated heterocycles. The van der Waals surface area contributed by atoms with Gasteiger partial charge in [-0.2, -0.15) is 11.8 Å². The Morgan fingerprint density at radius 2 is 2.05 bits per heavy atom. The van der Waals surface area contributed by atoms with E-state index >= 15 is 0 Å². The van der Waals surface area contributed by atoms with Gasteiger partial charge in [-0.15, -0.1) is 12.6 Å². The average molecular weight is 331 g/mol. The van der Waals surface area contributed by atoms with Crippen LogP contribution in [0.1, 0.15) is 5.56 Å². The lowest BCUT2D eigenvalue weighted by atomic mass is 10.1. The maximum absolute atomic E-state index is 12.3. The highest BCUT2D eigenvalue weighted by Gasteiger charge is 2.33. The Balaban J connectivity index is 2.12. The SMILES string of the molecule is CS(=O)(=O)C1CSCCN1C(=O)Cc1ccc(S)cc1. The number of hydrogen-bond acceptors (Lipinski definition) is 5. The van der Waals surface area contributed by atoms with Gasteiger partial charge < -0.3 is 4.90 Å². The third kappa shape index (κ3) is 3.93. The van der Waals surface area contributed by atoms with Crippen molar-refractivity contribution in [2.75, 3.05) is 24.3 Å². The monoisotopic (exact) mass is 331 g/mol. The number of rotatable bonds is 3. The van der Waals surface area contributed by atoms with Crippen molar-refractivity contribution >= 4 is 40.1 Å². The zero-order valence-electron chi connectivity index (χ0n) is 11.2. The van der Waals surface area contributed by atoms with E-state index in [9.17, 15) is 13.2 Å². The number of carbonyl (C=O) groups excluding carboxylic acids is 1. The molecule has 0 spiro atoms. The van der Waals surface area contributed by atoms with E-state index in [1.54, 1.807) is 11.8 Å². The summed E-state index contributed by atoms with van der Waals surface area (Å²) in [6.45, 7) is 0.492. The predicted octanol–water partition coefficient (Wildman–Crippen LogP) is 1.46. The number of thioether (sulfide) groups is 1. The quantitative estimate of drug-likeness (QED) is 0.852. The molecule has 0 bridgehead atoms. The fraction of sp³-hybridized carbons (Fsp3) is 0.462. The molecule has 0 N–H and O–H groups in total. The summed E-state index contributed by atoms with van der Waals surface area (Å²) in [7, 11) is -3.25. The molecule has 0 radical (unpaired) electrons. The van der Waals surface area contributed by atoms with Gasteiger partial charge in [-0.3, -0.25) is 4.79 Å². The molecule has 1 heterocycles. The summed E-state index contributed by atoms with van der Waals surface area (Å²) in [4.78, 5) is 14.7.